The molecule has 0 atom stereocenters. The molecule has 1 N–H and O–H groups in total. The molecule has 0 saturated heterocycles. The number of unbranched alkanes of at least 4 members (excludes halogenated alkanes) is 12. The molecule has 0 bridgehead atoms. The summed E-state index contributed by atoms with van der Waals surface area (Å²) >= 11 is 0. The Hall–Kier alpha value is -0.624. The molecule has 0 unspecified atom stereocenters. The molecule has 0 fully saturated rings. The minimum Gasteiger partial charge on any atom is -1.00 e. The number of rotatable bonds is 17. The fourth-order valence-corrected chi connectivity index (χ4v) is 5.74. The summed E-state index contributed by atoms with van der Waals surface area (Å²) in [6.07, 6.45) is 18.6. The maximum absolute atomic E-state index is 12.5. The fraction of sp³-hybridized carbons (Fsp3) is 0.643. The Bertz CT molecular complexity index is 920. The van der Waals surface area contributed by atoms with Crippen molar-refractivity contribution >= 4 is 43.9 Å². The topological polar surface area (TPSA) is 54.4 Å². The van der Waals surface area contributed by atoms with Gasteiger partial charge in [-0.25, -0.2) is 0 Å². The summed E-state index contributed by atoms with van der Waals surface area (Å²) in [6.45, 7) is 4.46. The van der Waals surface area contributed by atoms with Crippen molar-refractivity contribution in [2.45, 2.75) is 121 Å². The van der Waals surface area contributed by atoms with Gasteiger partial charge in [0.05, 0.1) is 0 Å². The predicted molar refractivity (Wildman–Crippen MR) is 145 cm³/mol. The van der Waals surface area contributed by atoms with Crippen molar-refractivity contribution in [3.05, 3.63) is 41.5 Å². The van der Waals surface area contributed by atoms with Crippen LogP contribution >= 0.6 is 0 Å². The summed E-state index contributed by atoms with van der Waals surface area (Å²) in [5, 5.41) is 1.55. The van der Waals surface area contributed by atoms with Gasteiger partial charge >= 0.3 is 23.1 Å². The van der Waals surface area contributed by atoms with E-state index in [1.54, 1.807) is 0 Å². The van der Waals surface area contributed by atoms with Gasteiger partial charge in [-0.3, -0.25) is 4.55 Å². The van der Waals surface area contributed by atoms with Gasteiger partial charge in [0.2, 0.25) is 0 Å². The number of fused-ring (bicyclic) bond motifs is 1. The summed E-state index contributed by atoms with van der Waals surface area (Å²) in [5.74, 6) is 0. The molecule has 0 aromatic heterocycles. The van der Waals surface area contributed by atoms with Gasteiger partial charge in [0.1, 0.15) is 4.90 Å². The van der Waals surface area contributed by atoms with Gasteiger partial charge in [0, 0.05) is 5.39 Å². The van der Waals surface area contributed by atoms with E-state index in [-0.39, 0.29) is 30.8 Å². The monoisotopic (exact) mass is 486 g/mol. The molecule has 0 aliphatic carbocycles. The summed E-state index contributed by atoms with van der Waals surface area (Å²) < 4.78 is 35.1. The van der Waals surface area contributed by atoms with Crippen LogP contribution in [0.5, 0.6) is 0 Å². The molecular weight excluding hydrogens is 441 g/mol. The number of aryl methyl sites for hydroxylation is 1. The largest absolute Gasteiger partial charge is 2.00 e. The third-order valence-corrected chi connectivity index (χ3v) is 7.52. The molecule has 0 aliphatic heterocycles. The summed E-state index contributed by atoms with van der Waals surface area (Å²) in [5.41, 5.74) is 1.96. The Labute approximate surface area is 222 Å². The Morgan fingerprint density at radius 3 is 1.76 bits per heavy atom. The molecule has 0 amide bonds. The van der Waals surface area contributed by atoms with Crippen molar-refractivity contribution in [3.8, 4) is 0 Å². The molecule has 2 rings (SSSR count). The van der Waals surface area contributed by atoms with Gasteiger partial charge in [-0.15, -0.1) is 0 Å². The zero-order valence-corrected chi connectivity index (χ0v) is 23.3. The van der Waals surface area contributed by atoms with Crippen molar-refractivity contribution in [3.63, 3.8) is 0 Å². The van der Waals surface area contributed by atoms with Crippen LogP contribution in [0.1, 0.15) is 118 Å². The summed E-state index contributed by atoms with van der Waals surface area (Å²) in [6, 6.07) is 9.73. The van der Waals surface area contributed by atoms with E-state index in [1.807, 2.05) is 24.3 Å². The Morgan fingerprint density at radius 2 is 1.21 bits per heavy atom. The van der Waals surface area contributed by atoms with E-state index in [0.29, 0.717) is 5.39 Å². The second-order valence-corrected chi connectivity index (χ2v) is 10.6. The average Bonchev–Trinajstić information content (AvgIpc) is 2.76. The SMILES string of the molecule is CCCCCCCCCc1cc2ccccc2c(S(=O)(=O)O)c1CCCCCCCCC.[H-].[H-].[Mg+2]. The number of benzene rings is 2. The van der Waals surface area contributed by atoms with E-state index < -0.39 is 10.1 Å². The van der Waals surface area contributed by atoms with Crippen LogP contribution in [-0.4, -0.2) is 36.0 Å². The molecule has 0 aliphatic rings. The standard InChI is InChI=1S/C28H44O3S.Mg.2H/c1-3-5-7-9-11-13-15-19-24-23-25-20-17-18-22-27(25)28(32(29,30)31)26(24)21-16-14-12-10-8-6-4-2;;;/h17-18,20,22-23H,3-16,19,21H2,1-2H3,(H,29,30,31);;;/q;+2;2*-1. The van der Waals surface area contributed by atoms with E-state index in [9.17, 15) is 13.0 Å². The van der Waals surface area contributed by atoms with Crippen LogP contribution in [-0.2, 0) is 23.0 Å². The van der Waals surface area contributed by atoms with E-state index in [2.05, 4.69) is 19.9 Å². The van der Waals surface area contributed by atoms with Crippen LogP contribution in [0.4, 0.5) is 0 Å². The van der Waals surface area contributed by atoms with E-state index in [0.717, 1.165) is 48.6 Å². The maximum atomic E-state index is 12.5. The van der Waals surface area contributed by atoms with Gasteiger partial charge in [0.25, 0.3) is 10.1 Å². The van der Waals surface area contributed by atoms with Gasteiger partial charge in [-0.2, -0.15) is 8.42 Å². The Kier molecular flexibility index (Phi) is 15.6. The minimum atomic E-state index is -4.28. The van der Waals surface area contributed by atoms with Crippen LogP contribution in [0, 0.1) is 0 Å². The second kappa shape index (κ2) is 16.9. The third kappa shape index (κ3) is 10.7. The van der Waals surface area contributed by atoms with Crippen molar-refractivity contribution in [1.82, 2.24) is 0 Å². The first kappa shape index (κ1) is 30.4. The minimum absolute atomic E-state index is 0. The molecule has 0 saturated carbocycles. The zero-order valence-electron chi connectivity index (χ0n) is 23.1. The zero-order chi connectivity index (χ0) is 23.2. The molecule has 184 valence electrons. The van der Waals surface area contributed by atoms with Crippen molar-refractivity contribution in [2.75, 3.05) is 0 Å². The average molecular weight is 487 g/mol. The summed E-state index contributed by atoms with van der Waals surface area (Å²) in [7, 11) is -4.28. The quantitative estimate of drug-likeness (QED) is 0.138. The molecule has 0 radical (unpaired) electrons. The van der Waals surface area contributed by atoms with Gasteiger partial charge in [-0.05, 0) is 42.2 Å². The van der Waals surface area contributed by atoms with Crippen LogP contribution in [0.15, 0.2) is 35.2 Å². The summed E-state index contributed by atoms with van der Waals surface area (Å²) in [4.78, 5) is 0.152. The van der Waals surface area contributed by atoms with Crippen LogP contribution in [0.25, 0.3) is 10.8 Å². The third-order valence-electron chi connectivity index (χ3n) is 6.53. The number of hydrogen-bond acceptors (Lipinski definition) is 2. The predicted octanol–water partition coefficient (Wildman–Crippen LogP) is 8.52. The van der Waals surface area contributed by atoms with E-state index in [1.165, 1.54) is 70.6 Å². The molecule has 3 nitrogen and oxygen atoms in total. The van der Waals surface area contributed by atoms with Crippen LogP contribution < -0.4 is 0 Å². The van der Waals surface area contributed by atoms with Gasteiger partial charge in [-0.1, -0.05) is 121 Å². The number of hydrogen-bond donors (Lipinski definition) is 1. The molecule has 0 spiro atoms. The Balaban J connectivity index is 0. The molecule has 33 heavy (non-hydrogen) atoms. The first-order valence-corrected chi connectivity index (χ1v) is 14.4. The van der Waals surface area contributed by atoms with Crippen molar-refractivity contribution < 1.29 is 15.8 Å². The van der Waals surface area contributed by atoms with Crippen molar-refractivity contribution in [2.24, 2.45) is 0 Å². The smallest absolute Gasteiger partial charge is 1.00 e. The second-order valence-electron chi connectivity index (χ2n) is 9.28. The molecular formula is C28H46MgO3S. The molecule has 0 heterocycles. The Morgan fingerprint density at radius 1 is 0.727 bits per heavy atom. The fourth-order valence-electron chi connectivity index (χ4n) is 4.74. The van der Waals surface area contributed by atoms with Crippen LogP contribution in [0.2, 0.25) is 0 Å². The van der Waals surface area contributed by atoms with E-state index in [4.69, 9.17) is 0 Å². The van der Waals surface area contributed by atoms with Gasteiger partial charge in [0.15, 0.2) is 0 Å². The van der Waals surface area contributed by atoms with Gasteiger partial charge < -0.3 is 2.85 Å². The normalized spacial score (nSPS) is 11.6. The van der Waals surface area contributed by atoms with Crippen LogP contribution in [0.3, 0.4) is 0 Å². The molecule has 2 aromatic carbocycles. The molecule has 5 heteroatoms. The maximum Gasteiger partial charge on any atom is 2.00 e. The first-order valence-electron chi connectivity index (χ1n) is 13.0. The first-order chi connectivity index (χ1) is 15.5. The van der Waals surface area contributed by atoms with E-state index >= 15 is 0 Å². The molecule has 2 aromatic rings. The van der Waals surface area contributed by atoms with Crippen molar-refractivity contribution in [1.29, 1.82) is 0 Å².